The maximum absolute atomic E-state index is 2.33. The largest absolute Gasteiger partial charge is 0.0648 e. The monoisotopic (exact) mass is 188 g/mol. The van der Waals surface area contributed by atoms with Crippen LogP contribution in [-0.4, -0.2) is 0 Å². The zero-order valence-electron chi connectivity index (χ0n) is 9.34. The number of benzene rings is 1. The molecule has 76 valence electrons. The molecule has 1 atom stereocenters. The van der Waals surface area contributed by atoms with Crippen LogP contribution in [0.3, 0.4) is 0 Å². The lowest BCUT2D eigenvalue weighted by molar-refractivity contribution is 0.579. The van der Waals surface area contributed by atoms with Gasteiger partial charge in [-0.15, -0.1) is 0 Å². The fourth-order valence-corrected chi connectivity index (χ4v) is 2.80. The van der Waals surface area contributed by atoms with Crippen molar-refractivity contribution in [2.45, 2.75) is 51.9 Å². The van der Waals surface area contributed by atoms with Crippen molar-refractivity contribution in [3.8, 4) is 0 Å². The first-order valence-electron chi connectivity index (χ1n) is 5.91. The van der Waals surface area contributed by atoms with Crippen molar-refractivity contribution in [2.24, 2.45) is 0 Å². The summed E-state index contributed by atoms with van der Waals surface area (Å²) in [5.41, 5.74) is 4.80. The summed E-state index contributed by atoms with van der Waals surface area (Å²) in [4.78, 5) is 0. The van der Waals surface area contributed by atoms with Crippen molar-refractivity contribution in [1.82, 2.24) is 0 Å². The van der Waals surface area contributed by atoms with Gasteiger partial charge in [-0.05, 0) is 55.2 Å². The van der Waals surface area contributed by atoms with Gasteiger partial charge in [-0.25, -0.2) is 0 Å². The number of hydrogen-bond acceptors (Lipinski definition) is 0. The summed E-state index contributed by atoms with van der Waals surface area (Å²) in [7, 11) is 0. The SMILES string of the molecule is CCC1CCCCc2cccc(C)c21. The van der Waals surface area contributed by atoms with Crippen LogP contribution in [0.1, 0.15) is 55.2 Å². The summed E-state index contributed by atoms with van der Waals surface area (Å²) >= 11 is 0. The van der Waals surface area contributed by atoms with Crippen LogP contribution < -0.4 is 0 Å². The second kappa shape index (κ2) is 4.16. The van der Waals surface area contributed by atoms with E-state index in [9.17, 15) is 0 Å². The zero-order valence-corrected chi connectivity index (χ0v) is 9.34. The second-order valence-electron chi connectivity index (χ2n) is 4.50. The summed E-state index contributed by atoms with van der Waals surface area (Å²) in [5, 5.41) is 0. The molecular formula is C14H20. The summed E-state index contributed by atoms with van der Waals surface area (Å²) < 4.78 is 0. The van der Waals surface area contributed by atoms with Crippen molar-refractivity contribution in [2.75, 3.05) is 0 Å². The average molecular weight is 188 g/mol. The molecule has 1 aliphatic carbocycles. The fourth-order valence-electron chi connectivity index (χ4n) is 2.80. The lowest BCUT2D eigenvalue weighted by Gasteiger charge is -2.18. The van der Waals surface area contributed by atoms with Crippen LogP contribution in [0.15, 0.2) is 18.2 Å². The van der Waals surface area contributed by atoms with Crippen LogP contribution in [0.4, 0.5) is 0 Å². The molecule has 0 spiro atoms. The van der Waals surface area contributed by atoms with E-state index in [4.69, 9.17) is 0 Å². The van der Waals surface area contributed by atoms with Gasteiger partial charge in [-0.1, -0.05) is 31.5 Å². The standard InChI is InChI=1S/C14H20/c1-3-12-8-4-5-9-13-10-6-7-11(2)14(12)13/h6-7,10,12H,3-5,8-9H2,1-2H3. The zero-order chi connectivity index (χ0) is 9.97. The van der Waals surface area contributed by atoms with Gasteiger partial charge in [0.1, 0.15) is 0 Å². The van der Waals surface area contributed by atoms with Gasteiger partial charge >= 0.3 is 0 Å². The second-order valence-corrected chi connectivity index (χ2v) is 4.50. The van der Waals surface area contributed by atoms with Crippen molar-refractivity contribution < 1.29 is 0 Å². The molecule has 0 bridgehead atoms. The van der Waals surface area contributed by atoms with E-state index in [0.29, 0.717) is 0 Å². The van der Waals surface area contributed by atoms with Crippen LogP contribution in [0.2, 0.25) is 0 Å². The highest BCUT2D eigenvalue weighted by Crippen LogP contribution is 2.34. The highest BCUT2D eigenvalue weighted by molar-refractivity contribution is 5.38. The molecular weight excluding hydrogens is 168 g/mol. The van der Waals surface area contributed by atoms with E-state index >= 15 is 0 Å². The van der Waals surface area contributed by atoms with Crippen molar-refractivity contribution in [3.63, 3.8) is 0 Å². The van der Waals surface area contributed by atoms with Crippen LogP contribution in [0.25, 0.3) is 0 Å². The Morgan fingerprint density at radius 3 is 2.93 bits per heavy atom. The van der Waals surface area contributed by atoms with Crippen LogP contribution >= 0.6 is 0 Å². The molecule has 2 rings (SSSR count). The summed E-state index contributed by atoms with van der Waals surface area (Å²) in [6, 6.07) is 6.81. The normalized spacial score (nSPS) is 21.4. The summed E-state index contributed by atoms with van der Waals surface area (Å²) in [6.07, 6.45) is 6.79. The molecule has 0 amide bonds. The summed E-state index contributed by atoms with van der Waals surface area (Å²) in [5.74, 6) is 0.827. The Morgan fingerprint density at radius 1 is 1.29 bits per heavy atom. The molecule has 0 radical (unpaired) electrons. The molecule has 0 aliphatic heterocycles. The van der Waals surface area contributed by atoms with E-state index in [2.05, 4.69) is 32.0 Å². The maximum Gasteiger partial charge on any atom is -0.0159 e. The molecule has 1 aromatic carbocycles. The predicted molar refractivity (Wildman–Crippen MR) is 61.8 cm³/mol. The third-order valence-corrected chi connectivity index (χ3v) is 3.56. The quantitative estimate of drug-likeness (QED) is 0.579. The maximum atomic E-state index is 2.33. The van der Waals surface area contributed by atoms with E-state index in [-0.39, 0.29) is 0 Å². The van der Waals surface area contributed by atoms with E-state index in [1.165, 1.54) is 37.7 Å². The molecule has 0 aromatic heterocycles. The Bertz CT molecular complexity index is 312. The highest BCUT2D eigenvalue weighted by atomic mass is 14.2. The van der Waals surface area contributed by atoms with Gasteiger partial charge < -0.3 is 0 Å². The Kier molecular flexibility index (Phi) is 2.90. The minimum atomic E-state index is 0.827. The van der Waals surface area contributed by atoms with E-state index in [0.717, 1.165) is 5.92 Å². The Hall–Kier alpha value is -0.780. The minimum absolute atomic E-state index is 0.827. The third kappa shape index (κ3) is 1.70. The van der Waals surface area contributed by atoms with Crippen molar-refractivity contribution in [3.05, 3.63) is 34.9 Å². The molecule has 1 aliphatic rings. The first kappa shape index (κ1) is 9.76. The molecule has 0 nitrogen and oxygen atoms in total. The molecule has 0 saturated carbocycles. The van der Waals surface area contributed by atoms with E-state index in [1.807, 2.05) is 0 Å². The van der Waals surface area contributed by atoms with Gasteiger partial charge in [0.15, 0.2) is 0 Å². The Labute approximate surface area is 87.3 Å². The van der Waals surface area contributed by atoms with Gasteiger partial charge in [-0.3, -0.25) is 0 Å². The molecule has 14 heavy (non-hydrogen) atoms. The lowest BCUT2D eigenvalue weighted by atomic mass is 9.87. The molecule has 0 N–H and O–H groups in total. The molecule has 1 unspecified atom stereocenters. The molecule has 0 fully saturated rings. The number of fused-ring (bicyclic) bond motifs is 1. The van der Waals surface area contributed by atoms with E-state index in [1.54, 1.807) is 11.1 Å². The Morgan fingerprint density at radius 2 is 2.14 bits per heavy atom. The summed E-state index contributed by atoms with van der Waals surface area (Å²) in [6.45, 7) is 4.60. The molecule has 0 saturated heterocycles. The highest BCUT2D eigenvalue weighted by Gasteiger charge is 2.18. The Balaban J connectivity index is 2.45. The smallest absolute Gasteiger partial charge is 0.0159 e. The van der Waals surface area contributed by atoms with Crippen LogP contribution in [-0.2, 0) is 6.42 Å². The van der Waals surface area contributed by atoms with Gasteiger partial charge in [0.25, 0.3) is 0 Å². The first-order chi connectivity index (χ1) is 6.83. The van der Waals surface area contributed by atoms with Crippen molar-refractivity contribution >= 4 is 0 Å². The van der Waals surface area contributed by atoms with Gasteiger partial charge in [-0.2, -0.15) is 0 Å². The minimum Gasteiger partial charge on any atom is -0.0648 e. The number of aryl methyl sites for hydroxylation is 2. The number of rotatable bonds is 1. The third-order valence-electron chi connectivity index (χ3n) is 3.56. The fraction of sp³-hybridized carbons (Fsp3) is 0.571. The van der Waals surface area contributed by atoms with E-state index < -0.39 is 0 Å². The van der Waals surface area contributed by atoms with Crippen molar-refractivity contribution in [1.29, 1.82) is 0 Å². The topological polar surface area (TPSA) is 0 Å². The molecule has 0 heteroatoms. The van der Waals surface area contributed by atoms with Gasteiger partial charge in [0, 0.05) is 0 Å². The van der Waals surface area contributed by atoms with Crippen LogP contribution in [0.5, 0.6) is 0 Å². The molecule has 0 heterocycles. The first-order valence-corrected chi connectivity index (χ1v) is 5.91. The van der Waals surface area contributed by atoms with Crippen LogP contribution in [0, 0.1) is 6.92 Å². The average Bonchev–Trinajstić information content (AvgIpc) is 2.40. The number of hydrogen-bond donors (Lipinski definition) is 0. The van der Waals surface area contributed by atoms with Gasteiger partial charge in [0.2, 0.25) is 0 Å². The predicted octanol–water partition coefficient (Wildman–Crippen LogP) is 4.22. The molecule has 1 aromatic rings. The van der Waals surface area contributed by atoms with Gasteiger partial charge in [0.05, 0.1) is 0 Å². The lowest BCUT2D eigenvalue weighted by Crippen LogP contribution is -2.01.